The third-order valence-corrected chi connectivity index (χ3v) is 8.89. The molecular formula is C33H43N3O3. The number of carbonyl (C=O) groups excluding carboxylic acids is 2. The second-order valence-electron chi connectivity index (χ2n) is 12.0. The number of aromatic amines is 1. The Bertz CT molecular complexity index is 1290. The highest BCUT2D eigenvalue weighted by Gasteiger charge is 2.35. The first-order valence-corrected chi connectivity index (χ1v) is 14.8. The van der Waals surface area contributed by atoms with Gasteiger partial charge in [0.2, 0.25) is 5.91 Å². The zero-order valence-corrected chi connectivity index (χ0v) is 23.6. The summed E-state index contributed by atoms with van der Waals surface area (Å²) in [5.74, 6) is 0.994. The van der Waals surface area contributed by atoms with Gasteiger partial charge in [0.05, 0.1) is 18.2 Å². The van der Waals surface area contributed by atoms with Gasteiger partial charge in [-0.05, 0) is 53.9 Å². The molecule has 1 fully saturated rings. The van der Waals surface area contributed by atoms with E-state index < -0.39 is 6.04 Å². The van der Waals surface area contributed by atoms with Gasteiger partial charge in [0, 0.05) is 35.8 Å². The molecule has 39 heavy (non-hydrogen) atoms. The first kappa shape index (κ1) is 27.4. The molecule has 1 aromatic heterocycles. The summed E-state index contributed by atoms with van der Waals surface area (Å²) in [6, 6.07) is 13.8. The summed E-state index contributed by atoms with van der Waals surface area (Å²) in [4.78, 5) is 32.9. The Morgan fingerprint density at radius 3 is 2.51 bits per heavy atom. The van der Waals surface area contributed by atoms with E-state index in [-0.39, 0.29) is 30.3 Å². The van der Waals surface area contributed by atoms with Crippen LogP contribution in [0.3, 0.4) is 0 Å². The first-order chi connectivity index (χ1) is 18.9. The number of Topliss-reactive ketones (excluding diaryl/α,β-unsaturated/α-hetero) is 1. The van der Waals surface area contributed by atoms with Crippen LogP contribution in [0.2, 0.25) is 0 Å². The van der Waals surface area contributed by atoms with E-state index in [1.54, 1.807) is 0 Å². The van der Waals surface area contributed by atoms with Crippen LogP contribution < -0.4 is 10.2 Å². The molecule has 3 atom stereocenters. The number of nitrogens with zero attached hydrogens (tertiary/aromatic N) is 1. The molecule has 0 spiro atoms. The number of hydrogen-bond donors (Lipinski definition) is 3. The lowest BCUT2D eigenvalue weighted by atomic mass is 9.93. The summed E-state index contributed by atoms with van der Waals surface area (Å²) >= 11 is 0. The molecule has 6 heteroatoms. The molecule has 1 aliphatic heterocycles. The van der Waals surface area contributed by atoms with Crippen molar-refractivity contribution in [3.63, 3.8) is 0 Å². The van der Waals surface area contributed by atoms with Gasteiger partial charge in [-0.1, -0.05) is 76.8 Å². The van der Waals surface area contributed by atoms with Crippen molar-refractivity contribution in [1.29, 1.82) is 0 Å². The normalized spacial score (nSPS) is 21.1. The summed E-state index contributed by atoms with van der Waals surface area (Å²) in [7, 11) is 0. The van der Waals surface area contributed by atoms with Crippen molar-refractivity contribution in [2.75, 3.05) is 18.1 Å². The van der Waals surface area contributed by atoms with Crippen LogP contribution in [0, 0.1) is 11.8 Å². The number of H-pyrrole nitrogens is 1. The van der Waals surface area contributed by atoms with Gasteiger partial charge >= 0.3 is 0 Å². The first-order valence-electron chi connectivity index (χ1n) is 14.8. The highest BCUT2D eigenvalue weighted by atomic mass is 16.3. The molecule has 0 saturated heterocycles. The topological polar surface area (TPSA) is 85.4 Å². The van der Waals surface area contributed by atoms with E-state index in [0.29, 0.717) is 31.2 Å². The fourth-order valence-corrected chi connectivity index (χ4v) is 6.73. The molecular weight excluding hydrogens is 486 g/mol. The van der Waals surface area contributed by atoms with Gasteiger partial charge in [-0.25, -0.2) is 0 Å². The molecule has 2 heterocycles. The predicted molar refractivity (Wildman–Crippen MR) is 157 cm³/mol. The summed E-state index contributed by atoms with van der Waals surface area (Å²) < 4.78 is 0. The van der Waals surface area contributed by atoms with Gasteiger partial charge < -0.3 is 20.3 Å². The number of carbonyl (C=O) groups is 2. The molecule has 3 aromatic rings. The number of aromatic nitrogens is 1. The maximum Gasteiger partial charge on any atom is 0.243 e. The summed E-state index contributed by atoms with van der Waals surface area (Å²) in [6.07, 6.45) is 8.66. The summed E-state index contributed by atoms with van der Waals surface area (Å²) in [6.45, 7) is 6.96. The van der Waals surface area contributed by atoms with E-state index in [4.69, 9.17) is 0 Å². The number of ketones is 1. The standard InChI is InChI=1S/C33H43N3O3/c1-21(2)32-33(39)35-26(20-37)18-25-19-34-31-27(29(38)17-23-9-7-8-10-23)13-14-28(30(25)31)36(32)16-15-22(3)24-11-5-4-6-12-24/h4-6,11-14,19,21-23,26,32,34,37H,7-10,15-18,20H2,1-3H3,(H,35,39)/t22?,26-,32-/m0/s1. The molecule has 1 aliphatic carbocycles. The van der Waals surface area contributed by atoms with Gasteiger partial charge in [0.15, 0.2) is 5.78 Å². The number of benzene rings is 2. The van der Waals surface area contributed by atoms with Crippen LogP contribution in [0.15, 0.2) is 48.7 Å². The monoisotopic (exact) mass is 529 g/mol. The lowest BCUT2D eigenvalue weighted by Crippen LogP contribution is -2.53. The third-order valence-electron chi connectivity index (χ3n) is 8.89. The maximum absolute atomic E-state index is 13.7. The van der Waals surface area contributed by atoms with Gasteiger partial charge in [-0.3, -0.25) is 9.59 Å². The van der Waals surface area contributed by atoms with Crippen molar-refractivity contribution in [1.82, 2.24) is 10.3 Å². The number of aliphatic hydroxyl groups is 1. The van der Waals surface area contributed by atoms with E-state index in [1.807, 2.05) is 18.3 Å². The Labute approximate surface area is 232 Å². The van der Waals surface area contributed by atoms with E-state index in [1.165, 1.54) is 18.4 Å². The zero-order chi connectivity index (χ0) is 27.5. The maximum atomic E-state index is 13.7. The van der Waals surface area contributed by atoms with Crippen molar-refractivity contribution >= 4 is 28.3 Å². The lowest BCUT2D eigenvalue weighted by Gasteiger charge is -2.36. The average molecular weight is 530 g/mol. The molecule has 0 radical (unpaired) electrons. The van der Waals surface area contributed by atoms with Crippen molar-refractivity contribution in [3.05, 3.63) is 65.4 Å². The Kier molecular flexibility index (Phi) is 8.41. The number of nitrogens with one attached hydrogen (secondary N) is 2. The smallest absolute Gasteiger partial charge is 0.243 e. The third kappa shape index (κ3) is 5.76. The number of anilines is 1. The molecule has 1 unspecified atom stereocenters. The molecule has 2 aromatic carbocycles. The molecule has 1 saturated carbocycles. The zero-order valence-electron chi connectivity index (χ0n) is 23.6. The summed E-state index contributed by atoms with van der Waals surface area (Å²) in [5.41, 5.74) is 4.91. The van der Waals surface area contributed by atoms with Crippen molar-refractivity contribution in [2.24, 2.45) is 11.8 Å². The number of aliphatic hydroxyl groups excluding tert-OH is 1. The van der Waals surface area contributed by atoms with Crippen LogP contribution in [0.5, 0.6) is 0 Å². The molecule has 1 amide bonds. The highest BCUT2D eigenvalue weighted by molar-refractivity contribution is 6.11. The molecule has 2 aliphatic rings. The molecule has 0 bridgehead atoms. The van der Waals surface area contributed by atoms with E-state index in [0.717, 1.165) is 47.0 Å². The second-order valence-corrected chi connectivity index (χ2v) is 12.0. The Balaban J connectivity index is 1.57. The number of hydrogen-bond acceptors (Lipinski definition) is 4. The van der Waals surface area contributed by atoms with Crippen molar-refractivity contribution in [3.8, 4) is 0 Å². The molecule has 5 rings (SSSR count). The van der Waals surface area contributed by atoms with Crippen LogP contribution in [-0.4, -0.2) is 47.0 Å². The summed E-state index contributed by atoms with van der Waals surface area (Å²) in [5, 5.41) is 14.3. The van der Waals surface area contributed by atoms with Crippen LogP contribution in [0.4, 0.5) is 5.69 Å². The van der Waals surface area contributed by atoms with Gasteiger partial charge in [0.1, 0.15) is 6.04 Å². The lowest BCUT2D eigenvalue weighted by molar-refractivity contribution is -0.124. The van der Waals surface area contributed by atoms with Gasteiger partial charge in [-0.2, -0.15) is 0 Å². The predicted octanol–water partition coefficient (Wildman–Crippen LogP) is 5.99. The van der Waals surface area contributed by atoms with Gasteiger partial charge in [-0.15, -0.1) is 0 Å². The SMILES string of the molecule is CC(CCN1c2ccc(C(=O)CC3CCCC3)c3[nH]cc(c23)C[C@@H](CO)NC(=O)[C@@H]1C(C)C)c1ccccc1. The van der Waals surface area contributed by atoms with E-state index in [2.05, 4.69) is 66.3 Å². The Morgan fingerprint density at radius 1 is 1.08 bits per heavy atom. The second kappa shape index (κ2) is 12.0. The van der Waals surface area contributed by atoms with Gasteiger partial charge in [0.25, 0.3) is 0 Å². The molecule has 6 nitrogen and oxygen atoms in total. The van der Waals surface area contributed by atoms with Crippen LogP contribution in [0.1, 0.15) is 86.7 Å². The Hall–Kier alpha value is -3.12. The molecule has 3 N–H and O–H groups in total. The van der Waals surface area contributed by atoms with Crippen LogP contribution in [-0.2, 0) is 11.2 Å². The largest absolute Gasteiger partial charge is 0.394 e. The van der Waals surface area contributed by atoms with Crippen molar-refractivity contribution in [2.45, 2.75) is 83.7 Å². The quantitative estimate of drug-likeness (QED) is 0.297. The Morgan fingerprint density at radius 2 is 1.82 bits per heavy atom. The average Bonchev–Trinajstić information content (AvgIpc) is 3.60. The van der Waals surface area contributed by atoms with Crippen LogP contribution >= 0.6 is 0 Å². The minimum absolute atomic E-state index is 0.0515. The highest BCUT2D eigenvalue weighted by Crippen LogP contribution is 2.38. The number of rotatable bonds is 9. The molecule has 208 valence electrons. The van der Waals surface area contributed by atoms with Crippen LogP contribution in [0.25, 0.3) is 10.9 Å². The van der Waals surface area contributed by atoms with Crippen molar-refractivity contribution < 1.29 is 14.7 Å². The van der Waals surface area contributed by atoms with E-state index >= 15 is 0 Å². The minimum Gasteiger partial charge on any atom is -0.394 e. The van der Waals surface area contributed by atoms with E-state index in [9.17, 15) is 14.7 Å². The fourth-order valence-electron chi connectivity index (χ4n) is 6.73. The minimum atomic E-state index is -0.397. The number of amides is 1. The fraction of sp³-hybridized carbons (Fsp3) is 0.515.